The van der Waals surface area contributed by atoms with Gasteiger partial charge >= 0.3 is 0 Å². The molecule has 182 valence electrons. The summed E-state index contributed by atoms with van der Waals surface area (Å²) in [6, 6.07) is 8.41. The van der Waals surface area contributed by atoms with Gasteiger partial charge in [0.15, 0.2) is 5.82 Å². The van der Waals surface area contributed by atoms with Crippen LogP contribution in [-0.2, 0) is 4.79 Å². The fourth-order valence-electron chi connectivity index (χ4n) is 4.77. The first-order valence-corrected chi connectivity index (χ1v) is 12.3. The van der Waals surface area contributed by atoms with Crippen molar-refractivity contribution in [3.63, 3.8) is 0 Å². The number of rotatable bonds is 8. The van der Waals surface area contributed by atoms with Crippen LogP contribution in [0.5, 0.6) is 0 Å². The van der Waals surface area contributed by atoms with Crippen LogP contribution >= 0.6 is 0 Å². The first-order chi connectivity index (χ1) is 16.3. The van der Waals surface area contributed by atoms with E-state index in [2.05, 4.69) is 77.5 Å². The van der Waals surface area contributed by atoms with Gasteiger partial charge in [0.1, 0.15) is 5.52 Å². The van der Waals surface area contributed by atoms with Crippen LogP contribution < -0.4 is 10.2 Å². The van der Waals surface area contributed by atoms with Crippen LogP contribution in [0.1, 0.15) is 42.6 Å². The predicted molar refractivity (Wildman–Crippen MR) is 137 cm³/mol. The molecule has 3 heterocycles. The number of anilines is 1. The number of fused-ring (bicyclic) bond motifs is 1. The fraction of sp³-hybridized carbons (Fsp3) is 0.538. The van der Waals surface area contributed by atoms with E-state index in [1.165, 1.54) is 5.56 Å². The highest BCUT2D eigenvalue weighted by molar-refractivity contribution is 5.92. The van der Waals surface area contributed by atoms with Crippen LogP contribution in [0, 0.1) is 26.7 Å². The Kier molecular flexibility index (Phi) is 7.46. The van der Waals surface area contributed by atoms with Crippen LogP contribution in [0.25, 0.3) is 16.6 Å². The zero-order valence-electron chi connectivity index (χ0n) is 21.1. The van der Waals surface area contributed by atoms with E-state index < -0.39 is 0 Å². The molecule has 4 rings (SSSR count). The minimum Gasteiger partial charge on any atom is -0.356 e. The Hall–Kier alpha value is -3.00. The summed E-state index contributed by atoms with van der Waals surface area (Å²) in [4.78, 5) is 16.8. The van der Waals surface area contributed by atoms with Gasteiger partial charge in [-0.2, -0.15) is 10.2 Å². The summed E-state index contributed by atoms with van der Waals surface area (Å²) in [5, 5.41) is 18.2. The molecule has 1 amide bonds. The van der Waals surface area contributed by atoms with Crippen molar-refractivity contribution in [2.24, 2.45) is 5.92 Å². The first-order valence-electron chi connectivity index (χ1n) is 12.3. The molecule has 0 spiro atoms. The first kappa shape index (κ1) is 24.1. The fourth-order valence-corrected chi connectivity index (χ4v) is 4.77. The molecule has 8 nitrogen and oxygen atoms in total. The largest absolute Gasteiger partial charge is 0.356 e. The van der Waals surface area contributed by atoms with Gasteiger partial charge in [-0.1, -0.05) is 17.7 Å². The standard InChI is InChI=1S/C26H37N7O/c1-18-7-9-22(10-8-18)33-20(3)24-19(2)28-29-26(25(24)30-33)32-15-11-21(12-16-32)17-23(34)27-13-6-14-31(4)5/h7-10,21H,6,11-17H2,1-5H3,(H,27,34). The molecule has 0 aliphatic carbocycles. The van der Waals surface area contributed by atoms with Gasteiger partial charge in [-0.3, -0.25) is 4.79 Å². The van der Waals surface area contributed by atoms with Crippen molar-refractivity contribution < 1.29 is 4.79 Å². The van der Waals surface area contributed by atoms with Gasteiger partial charge in [0.2, 0.25) is 5.91 Å². The Morgan fingerprint density at radius 2 is 1.79 bits per heavy atom. The zero-order chi connectivity index (χ0) is 24.2. The molecule has 0 saturated carbocycles. The van der Waals surface area contributed by atoms with Crippen LogP contribution in [0.2, 0.25) is 0 Å². The second kappa shape index (κ2) is 10.5. The van der Waals surface area contributed by atoms with E-state index >= 15 is 0 Å². The summed E-state index contributed by atoms with van der Waals surface area (Å²) in [6.45, 7) is 9.64. The highest BCUT2D eigenvalue weighted by Crippen LogP contribution is 2.32. The number of piperidine rings is 1. The number of hydrogen-bond donors (Lipinski definition) is 1. The number of benzene rings is 1. The lowest BCUT2D eigenvalue weighted by Crippen LogP contribution is -2.37. The maximum absolute atomic E-state index is 12.3. The van der Waals surface area contributed by atoms with Crippen molar-refractivity contribution in [2.75, 3.05) is 45.2 Å². The lowest BCUT2D eigenvalue weighted by atomic mass is 9.93. The highest BCUT2D eigenvalue weighted by Gasteiger charge is 2.26. The lowest BCUT2D eigenvalue weighted by molar-refractivity contribution is -0.122. The van der Waals surface area contributed by atoms with E-state index in [1.807, 2.05) is 11.6 Å². The van der Waals surface area contributed by atoms with Crippen LogP contribution in [-0.4, -0.2) is 71.1 Å². The number of aryl methyl sites for hydroxylation is 3. The molecule has 34 heavy (non-hydrogen) atoms. The van der Waals surface area contributed by atoms with Gasteiger partial charge in [-0.25, -0.2) is 4.68 Å². The summed E-state index contributed by atoms with van der Waals surface area (Å²) in [5.41, 5.74) is 5.15. The van der Waals surface area contributed by atoms with Crippen molar-refractivity contribution >= 4 is 22.6 Å². The summed E-state index contributed by atoms with van der Waals surface area (Å²) in [5.74, 6) is 1.43. The van der Waals surface area contributed by atoms with Crippen molar-refractivity contribution in [2.45, 2.75) is 46.5 Å². The van der Waals surface area contributed by atoms with E-state index in [9.17, 15) is 4.79 Å². The SMILES string of the molecule is Cc1ccc(-n2nc3c(N4CCC(CC(=O)NCCCN(C)C)CC4)nnc(C)c3c2C)cc1. The lowest BCUT2D eigenvalue weighted by Gasteiger charge is -2.32. The molecule has 1 aromatic carbocycles. The Morgan fingerprint density at radius 1 is 1.09 bits per heavy atom. The third-order valence-electron chi connectivity index (χ3n) is 6.76. The summed E-state index contributed by atoms with van der Waals surface area (Å²) < 4.78 is 2.00. The number of carbonyl (C=O) groups is 1. The van der Waals surface area contributed by atoms with Crippen molar-refractivity contribution in [3.05, 3.63) is 41.2 Å². The molecule has 1 fully saturated rings. The van der Waals surface area contributed by atoms with Gasteiger partial charge in [0, 0.05) is 26.1 Å². The molecular formula is C26H37N7O. The Balaban J connectivity index is 1.44. The van der Waals surface area contributed by atoms with Gasteiger partial charge in [-0.15, -0.1) is 5.10 Å². The third-order valence-corrected chi connectivity index (χ3v) is 6.76. The number of amides is 1. The number of nitrogens with zero attached hydrogens (tertiary/aromatic N) is 6. The summed E-state index contributed by atoms with van der Waals surface area (Å²) >= 11 is 0. The Morgan fingerprint density at radius 3 is 2.47 bits per heavy atom. The van der Waals surface area contributed by atoms with Gasteiger partial charge in [0.05, 0.1) is 22.5 Å². The van der Waals surface area contributed by atoms with E-state index in [0.29, 0.717) is 12.3 Å². The molecule has 3 aromatic rings. The molecule has 2 aromatic heterocycles. The third kappa shape index (κ3) is 5.38. The second-order valence-electron chi connectivity index (χ2n) is 9.81. The van der Waals surface area contributed by atoms with E-state index in [-0.39, 0.29) is 5.91 Å². The molecule has 0 unspecified atom stereocenters. The molecule has 1 saturated heterocycles. The molecule has 8 heteroatoms. The Bertz CT molecular complexity index is 1130. The monoisotopic (exact) mass is 463 g/mol. The van der Waals surface area contributed by atoms with Crippen molar-refractivity contribution in [1.82, 2.24) is 30.2 Å². The molecule has 1 aliphatic heterocycles. The van der Waals surface area contributed by atoms with Crippen molar-refractivity contribution in [1.29, 1.82) is 0 Å². The Labute approximate surface area is 202 Å². The molecule has 0 atom stereocenters. The van der Waals surface area contributed by atoms with Crippen LogP contribution in [0.3, 0.4) is 0 Å². The second-order valence-corrected chi connectivity index (χ2v) is 9.81. The number of aromatic nitrogens is 4. The topological polar surface area (TPSA) is 79.2 Å². The number of hydrogen-bond acceptors (Lipinski definition) is 6. The average molecular weight is 464 g/mol. The smallest absolute Gasteiger partial charge is 0.220 e. The van der Waals surface area contributed by atoms with Gasteiger partial charge < -0.3 is 15.1 Å². The molecule has 0 bridgehead atoms. The molecule has 0 radical (unpaired) electrons. The maximum Gasteiger partial charge on any atom is 0.220 e. The molecular weight excluding hydrogens is 426 g/mol. The zero-order valence-corrected chi connectivity index (χ0v) is 21.1. The van der Waals surface area contributed by atoms with E-state index in [4.69, 9.17) is 5.10 Å². The predicted octanol–water partition coefficient (Wildman–Crippen LogP) is 3.42. The molecule has 1 aliphatic rings. The van der Waals surface area contributed by atoms with Crippen LogP contribution in [0.15, 0.2) is 24.3 Å². The quantitative estimate of drug-likeness (QED) is 0.516. The average Bonchev–Trinajstić information content (AvgIpc) is 3.16. The van der Waals surface area contributed by atoms with Gasteiger partial charge in [-0.05, 0) is 78.7 Å². The minimum absolute atomic E-state index is 0.169. The minimum atomic E-state index is 0.169. The highest BCUT2D eigenvalue weighted by atomic mass is 16.1. The van der Waals surface area contributed by atoms with E-state index in [1.54, 1.807) is 0 Å². The summed E-state index contributed by atoms with van der Waals surface area (Å²) in [7, 11) is 4.10. The molecule has 1 N–H and O–H groups in total. The number of carbonyl (C=O) groups excluding carboxylic acids is 1. The number of nitrogens with one attached hydrogen (secondary N) is 1. The normalized spacial score (nSPS) is 14.8. The van der Waals surface area contributed by atoms with E-state index in [0.717, 1.165) is 79.2 Å². The maximum atomic E-state index is 12.3. The van der Waals surface area contributed by atoms with Gasteiger partial charge in [0.25, 0.3) is 0 Å². The van der Waals surface area contributed by atoms with Crippen molar-refractivity contribution in [3.8, 4) is 5.69 Å². The van der Waals surface area contributed by atoms with Crippen LogP contribution in [0.4, 0.5) is 5.82 Å². The summed E-state index contributed by atoms with van der Waals surface area (Å²) in [6.07, 6.45) is 3.53.